The quantitative estimate of drug-likeness (QED) is 0.499. The van der Waals surface area contributed by atoms with Crippen LogP contribution in [-0.4, -0.2) is 36.7 Å². The van der Waals surface area contributed by atoms with E-state index >= 15 is 0 Å². The van der Waals surface area contributed by atoms with E-state index in [1.165, 1.54) is 14.2 Å². The number of amides is 2. The molecule has 0 fully saturated rings. The summed E-state index contributed by atoms with van der Waals surface area (Å²) in [5.41, 5.74) is 1.83. The van der Waals surface area contributed by atoms with Gasteiger partial charge in [-0.25, -0.2) is 0 Å². The molecule has 0 aliphatic heterocycles. The Morgan fingerprint density at radius 1 is 1.60 bits per heavy atom. The Morgan fingerprint density at radius 3 is 2.60 bits per heavy atom. The Morgan fingerprint density at radius 2 is 2.20 bits per heavy atom. The first-order valence-electron chi connectivity index (χ1n) is 4.15. The number of oxime groups is 1. The molecule has 82 valence electrons. The maximum Gasteiger partial charge on any atom is 0.304 e. The van der Waals surface area contributed by atoms with Crippen molar-refractivity contribution in [2.75, 3.05) is 14.2 Å². The molecule has 0 aromatic rings. The predicted molar refractivity (Wildman–Crippen MR) is 51.3 cm³/mol. The molecule has 0 atom stereocenters. The van der Waals surface area contributed by atoms with Gasteiger partial charge in [-0.15, -0.1) is 0 Å². The van der Waals surface area contributed by atoms with Gasteiger partial charge in [-0.05, 0) is 0 Å². The highest BCUT2D eigenvalue weighted by Crippen LogP contribution is 1.87. The number of nitriles is 1. The van der Waals surface area contributed by atoms with Gasteiger partial charge >= 0.3 is 5.91 Å². The first-order chi connectivity index (χ1) is 7.06. The molecule has 7 heteroatoms. The van der Waals surface area contributed by atoms with Crippen LogP contribution in [0.25, 0.3) is 0 Å². The van der Waals surface area contributed by atoms with E-state index in [9.17, 15) is 9.59 Å². The fraction of sp³-hybridized carbons (Fsp3) is 0.500. The minimum absolute atomic E-state index is 0.237. The molecule has 7 nitrogen and oxygen atoms in total. The zero-order valence-electron chi connectivity index (χ0n) is 8.77. The van der Waals surface area contributed by atoms with Gasteiger partial charge in [0, 0.05) is 13.5 Å². The minimum Gasteiger partial charge on any atom is -0.398 e. The number of rotatable bonds is 3. The van der Waals surface area contributed by atoms with Crippen LogP contribution >= 0.6 is 0 Å². The zero-order chi connectivity index (χ0) is 11.8. The minimum atomic E-state index is -0.735. The summed E-state index contributed by atoms with van der Waals surface area (Å²) in [5.74, 6) is -1.07. The summed E-state index contributed by atoms with van der Waals surface area (Å²) in [6.07, 6.45) is 0.237. The van der Waals surface area contributed by atoms with Crippen LogP contribution in [0.15, 0.2) is 5.16 Å². The van der Waals surface area contributed by atoms with Crippen LogP contribution < -0.4 is 5.43 Å². The molecule has 0 spiro atoms. The SMILES string of the molecule is CCC(=O)NN(C)C(=O)C(C#N)=NOC. The van der Waals surface area contributed by atoms with E-state index in [2.05, 4.69) is 15.4 Å². The molecule has 0 aromatic heterocycles. The fourth-order valence-electron chi connectivity index (χ4n) is 0.674. The second-order valence-electron chi connectivity index (χ2n) is 2.49. The molecule has 0 unspecified atom stereocenters. The van der Waals surface area contributed by atoms with Crippen LogP contribution in [0.5, 0.6) is 0 Å². The second-order valence-corrected chi connectivity index (χ2v) is 2.49. The summed E-state index contributed by atoms with van der Waals surface area (Å²) in [6.45, 7) is 1.64. The van der Waals surface area contributed by atoms with Crippen molar-refractivity contribution in [2.45, 2.75) is 13.3 Å². The molecule has 0 rings (SSSR count). The van der Waals surface area contributed by atoms with Gasteiger partial charge in [-0.3, -0.25) is 20.0 Å². The fourth-order valence-corrected chi connectivity index (χ4v) is 0.674. The summed E-state index contributed by atoms with van der Waals surface area (Å²) in [7, 11) is 2.54. The summed E-state index contributed by atoms with van der Waals surface area (Å²) in [5, 5.41) is 12.6. The maximum atomic E-state index is 11.4. The second kappa shape index (κ2) is 6.37. The van der Waals surface area contributed by atoms with Crippen LogP contribution in [0, 0.1) is 11.3 Å². The van der Waals surface area contributed by atoms with E-state index in [1.54, 1.807) is 13.0 Å². The van der Waals surface area contributed by atoms with Crippen LogP contribution in [0.3, 0.4) is 0 Å². The summed E-state index contributed by atoms with van der Waals surface area (Å²) in [4.78, 5) is 26.6. The van der Waals surface area contributed by atoms with E-state index in [4.69, 9.17) is 5.26 Å². The first-order valence-corrected chi connectivity index (χ1v) is 4.15. The van der Waals surface area contributed by atoms with Gasteiger partial charge in [-0.1, -0.05) is 12.1 Å². The molecule has 0 heterocycles. The molecule has 0 saturated heterocycles. The summed E-state index contributed by atoms with van der Waals surface area (Å²) >= 11 is 0. The molecule has 0 aliphatic rings. The third kappa shape index (κ3) is 4.08. The number of nitrogens with one attached hydrogen (secondary N) is 1. The van der Waals surface area contributed by atoms with E-state index in [-0.39, 0.29) is 12.3 Å². The largest absolute Gasteiger partial charge is 0.398 e. The highest BCUT2D eigenvalue weighted by molar-refractivity contribution is 6.44. The molecule has 0 aliphatic carbocycles. The number of hydrogen-bond acceptors (Lipinski definition) is 5. The Labute approximate surface area is 87.3 Å². The molecule has 0 radical (unpaired) electrons. The monoisotopic (exact) mass is 212 g/mol. The van der Waals surface area contributed by atoms with Gasteiger partial charge in [0.1, 0.15) is 13.2 Å². The van der Waals surface area contributed by atoms with E-state index in [1.807, 2.05) is 0 Å². The molecule has 1 N–H and O–H groups in total. The summed E-state index contributed by atoms with van der Waals surface area (Å²) < 4.78 is 0. The first kappa shape index (κ1) is 12.9. The van der Waals surface area contributed by atoms with Crippen LogP contribution in [0.2, 0.25) is 0 Å². The van der Waals surface area contributed by atoms with Crippen molar-refractivity contribution in [3.05, 3.63) is 0 Å². The molecule has 0 bridgehead atoms. The number of hydrogen-bond donors (Lipinski definition) is 1. The standard InChI is InChI=1S/C8H12N4O3/c1-4-7(13)10-12(2)8(14)6(5-9)11-15-3/h4H2,1-3H3,(H,10,13). The topological polar surface area (TPSA) is 94.8 Å². The molecular formula is C8H12N4O3. The van der Waals surface area contributed by atoms with Gasteiger partial charge in [0.2, 0.25) is 11.6 Å². The smallest absolute Gasteiger partial charge is 0.304 e. The Kier molecular flexibility index (Phi) is 5.48. The molecule has 0 aromatic carbocycles. The Hall–Kier alpha value is -2.10. The van der Waals surface area contributed by atoms with Crippen molar-refractivity contribution in [1.82, 2.24) is 10.4 Å². The van der Waals surface area contributed by atoms with Crippen molar-refractivity contribution in [2.24, 2.45) is 5.16 Å². The van der Waals surface area contributed by atoms with Crippen molar-refractivity contribution in [3.8, 4) is 6.07 Å². The number of carbonyl (C=O) groups excluding carboxylic acids is 2. The lowest BCUT2D eigenvalue weighted by Crippen LogP contribution is -2.45. The molecule has 0 saturated carbocycles. The van der Waals surface area contributed by atoms with E-state index < -0.39 is 11.6 Å². The lowest BCUT2D eigenvalue weighted by atomic mass is 10.4. The highest BCUT2D eigenvalue weighted by atomic mass is 16.6. The van der Waals surface area contributed by atoms with Gasteiger partial charge < -0.3 is 4.84 Å². The van der Waals surface area contributed by atoms with Crippen LogP contribution in [0.4, 0.5) is 0 Å². The average Bonchev–Trinajstić information content (AvgIpc) is 2.24. The third-order valence-electron chi connectivity index (χ3n) is 1.41. The van der Waals surface area contributed by atoms with Gasteiger partial charge in [0.25, 0.3) is 0 Å². The van der Waals surface area contributed by atoms with Gasteiger partial charge in [0.05, 0.1) is 0 Å². The van der Waals surface area contributed by atoms with Crippen LogP contribution in [0.1, 0.15) is 13.3 Å². The highest BCUT2D eigenvalue weighted by Gasteiger charge is 2.18. The van der Waals surface area contributed by atoms with E-state index in [0.717, 1.165) is 5.01 Å². The van der Waals surface area contributed by atoms with Crippen molar-refractivity contribution < 1.29 is 14.4 Å². The molecule has 15 heavy (non-hydrogen) atoms. The third-order valence-corrected chi connectivity index (χ3v) is 1.41. The Balaban J connectivity index is 4.51. The van der Waals surface area contributed by atoms with Crippen molar-refractivity contribution in [1.29, 1.82) is 5.26 Å². The maximum absolute atomic E-state index is 11.4. The predicted octanol–water partition coefficient (Wildman–Crippen LogP) is -0.588. The molecular weight excluding hydrogens is 200 g/mol. The normalized spacial score (nSPS) is 10.1. The zero-order valence-corrected chi connectivity index (χ0v) is 8.77. The van der Waals surface area contributed by atoms with Crippen molar-refractivity contribution >= 4 is 17.5 Å². The average molecular weight is 212 g/mol. The van der Waals surface area contributed by atoms with E-state index in [0.29, 0.717) is 0 Å². The lowest BCUT2D eigenvalue weighted by Gasteiger charge is -2.16. The van der Waals surface area contributed by atoms with Crippen molar-refractivity contribution in [3.63, 3.8) is 0 Å². The number of hydrazine groups is 1. The Bertz CT molecular complexity index is 318. The molecule has 2 amide bonds. The lowest BCUT2D eigenvalue weighted by molar-refractivity contribution is -0.135. The number of carbonyl (C=O) groups is 2. The van der Waals surface area contributed by atoms with Crippen LogP contribution in [-0.2, 0) is 14.4 Å². The van der Waals surface area contributed by atoms with Gasteiger partial charge in [-0.2, -0.15) is 5.26 Å². The summed E-state index contributed by atoms with van der Waals surface area (Å²) in [6, 6.07) is 1.56. The number of nitrogens with zero attached hydrogens (tertiary/aromatic N) is 3. The van der Waals surface area contributed by atoms with Gasteiger partial charge in [0.15, 0.2) is 0 Å².